The molecule has 0 amide bonds. The average Bonchev–Trinajstić information content (AvgIpc) is 3.45. The molecule has 4 fully saturated rings. The van der Waals surface area contributed by atoms with Crippen LogP contribution in [0.15, 0.2) is 18.2 Å². The topological polar surface area (TPSA) is 42.0 Å². The Hall–Kier alpha value is -1.01. The lowest BCUT2D eigenvalue weighted by atomic mass is 9.82. The number of esters is 1. The van der Waals surface area contributed by atoms with Gasteiger partial charge in [-0.1, -0.05) is 23.2 Å². The summed E-state index contributed by atoms with van der Waals surface area (Å²) in [4.78, 5) is 18.0. The van der Waals surface area contributed by atoms with Crippen LogP contribution in [0.1, 0.15) is 51.9 Å². The van der Waals surface area contributed by atoms with Gasteiger partial charge >= 0.3 is 5.97 Å². The second kappa shape index (κ2) is 10.9. The van der Waals surface area contributed by atoms with E-state index in [1.807, 2.05) is 19.1 Å². The normalized spacial score (nSPS) is 31.1. The van der Waals surface area contributed by atoms with E-state index in [4.69, 9.17) is 32.7 Å². The number of likely N-dealkylation sites (tertiary alicyclic amines) is 2. The highest BCUT2D eigenvalue weighted by molar-refractivity contribution is 6.42. The number of hydrogen-bond donors (Lipinski definition) is 0. The molecular formula is C27H38Cl2N2O3. The molecule has 1 aromatic rings. The molecule has 0 aromatic heterocycles. The average molecular weight is 510 g/mol. The number of benzene rings is 1. The van der Waals surface area contributed by atoms with Crippen molar-refractivity contribution in [1.29, 1.82) is 0 Å². The fourth-order valence-corrected chi connectivity index (χ4v) is 7.40. The minimum atomic E-state index is 0.0628. The third-order valence-electron chi connectivity index (χ3n) is 8.75. The van der Waals surface area contributed by atoms with Gasteiger partial charge in [0.1, 0.15) is 11.9 Å². The second-order valence-corrected chi connectivity index (χ2v) is 11.6. The Morgan fingerprint density at radius 3 is 2.41 bits per heavy atom. The van der Waals surface area contributed by atoms with Crippen LogP contribution in [-0.4, -0.2) is 67.2 Å². The zero-order valence-corrected chi connectivity index (χ0v) is 21.8. The van der Waals surface area contributed by atoms with Crippen LogP contribution in [0.2, 0.25) is 10.0 Å². The summed E-state index contributed by atoms with van der Waals surface area (Å²) < 4.78 is 11.6. The van der Waals surface area contributed by atoms with Crippen LogP contribution < -0.4 is 4.74 Å². The van der Waals surface area contributed by atoms with Crippen LogP contribution in [0.5, 0.6) is 5.75 Å². The van der Waals surface area contributed by atoms with Gasteiger partial charge in [-0.25, -0.2) is 0 Å². The molecule has 2 saturated heterocycles. The van der Waals surface area contributed by atoms with Gasteiger partial charge in [0.25, 0.3) is 0 Å². The molecule has 34 heavy (non-hydrogen) atoms. The van der Waals surface area contributed by atoms with E-state index in [2.05, 4.69) is 9.80 Å². The standard InChI is InChI=1S/C27H38Cl2N2O3/c1-2-33-27(32)25-19-3-4-20(15-19)26(25)31-13-7-18(8-14-31)17-30-11-9-21(10-12-30)34-22-5-6-23(28)24(29)16-22/h5-6,16,18-21,25-26H,2-4,7-15,17H2,1H3/t19?,20?,25-,26+/m1/s1. The predicted molar refractivity (Wildman–Crippen MR) is 136 cm³/mol. The number of fused-ring (bicyclic) bond motifs is 2. The highest BCUT2D eigenvalue weighted by Gasteiger charge is 2.53. The van der Waals surface area contributed by atoms with Crippen LogP contribution in [0.25, 0.3) is 0 Å². The number of ether oxygens (including phenoxy) is 2. The maximum absolute atomic E-state index is 12.7. The van der Waals surface area contributed by atoms with Gasteiger partial charge in [0.15, 0.2) is 0 Å². The monoisotopic (exact) mass is 508 g/mol. The molecule has 4 aliphatic rings. The molecule has 5 nitrogen and oxygen atoms in total. The Morgan fingerprint density at radius 1 is 0.971 bits per heavy atom. The Bertz CT molecular complexity index is 852. The molecule has 5 rings (SSSR count). The number of carbonyl (C=O) groups is 1. The summed E-state index contributed by atoms with van der Waals surface area (Å²) in [5.74, 6) is 2.99. The predicted octanol–water partition coefficient (Wildman–Crippen LogP) is 5.53. The van der Waals surface area contributed by atoms with Crippen molar-refractivity contribution in [3.05, 3.63) is 28.2 Å². The van der Waals surface area contributed by atoms with Crippen molar-refractivity contribution in [2.24, 2.45) is 23.7 Å². The van der Waals surface area contributed by atoms with Gasteiger partial charge < -0.3 is 14.4 Å². The molecule has 2 heterocycles. The Balaban J connectivity index is 1.06. The van der Waals surface area contributed by atoms with Crippen molar-refractivity contribution in [2.45, 2.75) is 64.0 Å². The maximum atomic E-state index is 12.7. The molecule has 2 aliphatic heterocycles. The molecule has 2 unspecified atom stereocenters. The van der Waals surface area contributed by atoms with Gasteiger partial charge in [-0.2, -0.15) is 0 Å². The molecule has 2 saturated carbocycles. The summed E-state index contributed by atoms with van der Waals surface area (Å²) in [6.45, 7) is 8.04. The highest BCUT2D eigenvalue weighted by Crippen LogP contribution is 2.51. The molecule has 0 N–H and O–H groups in total. The third-order valence-corrected chi connectivity index (χ3v) is 9.49. The van der Waals surface area contributed by atoms with E-state index in [0.717, 1.165) is 50.7 Å². The lowest BCUT2D eigenvalue weighted by Crippen LogP contribution is -2.51. The van der Waals surface area contributed by atoms with Crippen molar-refractivity contribution < 1.29 is 14.3 Å². The lowest BCUT2D eigenvalue weighted by molar-refractivity contribution is -0.153. The Labute approximate surface area is 214 Å². The lowest BCUT2D eigenvalue weighted by Gasteiger charge is -2.43. The number of piperidine rings is 2. The van der Waals surface area contributed by atoms with E-state index < -0.39 is 0 Å². The van der Waals surface area contributed by atoms with E-state index in [1.165, 1.54) is 38.6 Å². The summed E-state index contributed by atoms with van der Waals surface area (Å²) in [6, 6.07) is 5.93. The van der Waals surface area contributed by atoms with Crippen LogP contribution in [-0.2, 0) is 9.53 Å². The van der Waals surface area contributed by atoms with Gasteiger partial charge in [0, 0.05) is 31.7 Å². The first-order chi connectivity index (χ1) is 16.5. The van der Waals surface area contributed by atoms with Crippen molar-refractivity contribution in [3.63, 3.8) is 0 Å². The summed E-state index contributed by atoms with van der Waals surface area (Å²) in [5, 5.41) is 1.11. The number of hydrogen-bond acceptors (Lipinski definition) is 5. The minimum Gasteiger partial charge on any atom is -0.490 e. The number of nitrogens with zero attached hydrogens (tertiary/aromatic N) is 2. The maximum Gasteiger partial charge on any atom is 0.310 e. The van der Waals surface area contributed by atoms with Crippen LogP contribution in [0, 0.1) is 23.7 Å². The fraction of sp³-hybridized carbons (Fsp3) is 0.741. The Morgan fingerprint density at radius 2 is 1.71 bits per heavy atom. The first-order valence-electron chi connectivity index (χ1n) is 13.3. The zero-order chi connectivity index (χ0) is 23.7. The van der Waals surface area contributed by atoms with Gasteiger partial charge in [-0.3, -0.25) is 9.69 Å². The zero-order valence-electron chi connectivity index (χ0n) is 20.3. The number of rotatable bonds is 7. The molecule has 7 heteroatoms. The van der Waals surface area contributed by atoms with Crippen molar-refractivity contribution in [2.75, 3.05) is 39.3 Å². The molecule has 2 bridgehead atoms. The smallest absolute Gasteiger partial charge is 0.310 e. The van der Waals surface area contributed by atoms with Gasteiger partial charge in [-0.05, 0) is 94.8 Å². The summed E-state index contributed by atoms with van der Waals surface area (Å²) in [7, 11) is 0. The molecule has 2 aliphatic carbocycles. The van der Waals surface area contributed by atoms with Gasteiger partial charge in [-0.15, -0.1) is 0 Å². The second-order valence-electron chi connectivity index (χ2n) is 10.8. The Kier molecular flexibility index (Phi) is 7.94. The van der Waals surface area contributed by atoms with Crippen LogP contribution >= 0.6 is 23.2 Å². The van der Waals surface area contributed by atoms with E-state index in [1.54, 1.807) is 6.07 Å². The number of carbonyl (C=O) groups excluding carboxylic acids is 1. The van der Waals surface area contributed by atoms with Gasteiger partial charge in [0.05, 0.1) is 22.6 Å². The van der Waals surface area contributed by atoms with Crippen molar-refractivity contribution in [3.8, 4) is 5.75 Å². The summed E-state index contributed by atoms with van der Waals surface area (Å²) >= 11 is 12.1. The highest BCUT2D eigenvalue weighted by atomic mass is 35.5. The first-order valence-corrected chi connectivity index (χ1v) is 14.0. The quantitative estimate of drug-likeness (QED) is 0.453. The molecule has 188 valence electrons. The minimum absolute atomic E-state index is 0.0628. The van der Waals surface area contributed by atoms with Crippen molar-refractivity contribution >= 4 is 29.2 Å². The molecule has 1 aromatic carbocycles. The van der Waals surface area contributed by atoms with Crippen LogP contribution in [0.3, 0.4) is 0 Å². The molecule has 0 spiro atoms. The third kappa shape index (κ3) is 5.38. The van der Waals surface area contributed by atoms with E-state index in [-0.39, 0.29) is 18.0 Å². The summed E-state index contributed by atoms with van der Waals surface area (Å²) in [6.07, 6.45) is 8.56. The van der Waals surface area contributed by atoms with E-state index in [9.17, 15) is 4.79 Å². The van der Waals surface area contributed by atoms with Crippen molar-refractivity contribution in [1.82, 2.24) is 9.80 Å². The fourth-order valence-electron chi connectivity index (χ4n) is 7.11. The largest absolute Gasteiger partial charge is 0.490 e. The molecule has 4 atom stereocenters. The number of halogens is 2. The first kappa shape index (κ1) is 24.7. The van der Waals surface area contributed by atoms with E-state index in [0.29, 0.717) is 34.5 Å². The van der Waals surface area contributed by atoms with Gasteiger partial charge in [0.2, 0.25) is 0 Å². The van der Waals surface area contributed by atoms with E-state index >= 15 is 0 Å². The van der Waals surface area contributed by atoms with Crippen LogP contribution in [0.4, 0.5) is 0 Å². The SMILES string of the molecule is CCOC(=O)[C@@H]1C2CCC(C2)[C@@H]1N1CCC(CN2CCC(Oc3ccc(Cl)c(Cl)c3)CC2)CC1. The molecular weight excluding hydrogens is 471 g/mol. The summed E-state index contributed by atoms with van der Waals surface area (Å²) in [5.41, 5.74) is 0. The molecule has 0 radical (unpaired) electrons.